The van der Waals surface area contributed by atoms with E-state index < -0.39 is 0 Å². The maximum Gasteiger partial charge on any atom is 0.174 e. The number of aromatic hydroxyl groups is 2. The van der Waals surface area contributed by atoms with Crippen molar-refractivity contribution in [2.45, 2.75) is 25.9 Å². The smallest absolute Gasteiger partial charge is 0.174 e. The van der Waals surface area contributed by atoms with Gasteiger partial charge in [-0.3, -0.25) is 4.98 Å². The van der Waals surface area contributed by atoms with E-state index in [1.54, 1.807) is 42.6 Å². The number of phenols is 2. The van der Waals surface area contributed by atoms with Gasteiger partial charge in [0.1, 0.15) is 11.5 Å². The largest absolute Gasteiger partial charge is 0.506 e. The third-order valence-electron chi connectivity index (χ3n) is 6.26. The third-order valence-corrected chi connectivity index (χ3v) is 7.05. The van der Waals surface area contributed by atoms with Gasteiger partial charge in [0.15, 0.2) is 5.11 Å². The van der Waals surface area contributed by atoms with Crippen molar-refractivity contribution in [1.82, 2.24) is 14.9 Å². The lowest BCUT2D eigenvalue weighted by Gasteiger charge is -2.28. The molecule has 0 amide bonds. The van der Waals surface area contributed by atoms with Gasteiger partial charge >= 0.3 is 0 Å². The van der Waals surface area contributed by atoms with Crippen LogP contribution in [0.25, 0.3) is 5.69 Å². The Morgan fingerprint density at radius 1 is 0.914 bits per heavy atom. The number of aromatic nitrogens is 2. The molecule has 1 aliphatic heterocycles. The van der Waals surface area contributed by atoms with Gasteiger partial charge in [0.25, 0.3) is 0 Å². The Labute approximate surface area is 218 Å². The lowest BCUT2D eigenvalue weighted by atomic mass is 9.96. The summed E-state index contributed by atoms with van der Waals surface area (Å²) in [6.07, 6.45) is 1.74. The molecule has 6 nitrogen and oxygen atoms in total. The van der Waals surface area contributed by atoms with Crippen LogP contribution in [0.1, 0.15) is 34.7 Å². The average Bonchev–Trinajstić information content (AvgIpc) is 3.33. The summed E-state index contributed by atoms with van der Waals surface area (Å²) in [5.41, 5.74) is 4.63. The molecule has 3 N–H and O–H groups in total. The summed E-state index contributed by atoms with van der Waals surface area (Å²) in [5.74, 6) is 0.181. The standard InChI is InChI=1S/C26H22Cl2N4O2S/c1-14-11-18(15(2)31(14)20-12-16(27)6-8-22(20)33)25-24(19-5-3-4-10-29-19)30-26(35)32(25)21-13-17(28)7-9-23(21)34/h3-13,24-25,33-34H,1-2H3,(H,30,35)/t24-,25-/m0/s1. The van der Waals surface area contributed by atoms with Gasteiger partial charge < -0.3 is 25.0 Å². The van der Waals surface area contributed by atoms with Crippen LogP contribution in [0.3, 0.4) is 0 Å². The number of nitrogens with one attached hydrogen (secondary N) is 1. The van der Waals surface area contributed by atoms with Crippen molar-refractivity contribution in [2.75, 3.05) is 4.90 Å². The molecule has 178 valence electrons. The molecule has 9 heteroatoms. The molecule has 5 rings (SSSR count). The number of nitrogens with zero attached hydrogens (tertiary/aromatic N) is 3. The van der Waals surface area contributed by atoms with E-state index in [0.29, 0.717) is 26.5 Å². The third kappa shape index (κ3) is 4.10. The Hall–Kier alpha value is -3.26. The number of halogens is 2. The van der Waals surface area contributed by atoms with Gasteiger partial charge in [-0.2, -0.15) is 0 Å². The number of pyridine rings is 1. The molecular weight excluding hydrogens is 503 g/mol. The van der Waals surface area contributed by atoms with Crippen LogP contribution >= 0.6 is 35.4 Å². The van der Waals surface area contributed by atoms with Gasteiger partial charge in [-0.15, -0.1) is 0 Å². The van der Waals surface area contributed by atoms with Crippen molar-refractivity contribution in [3.8, 4) is 17.2 Å². The maximum absolute atomic E-state index is 10.8. The predicted molar refractivity (Wildman–Crippen MR) is 143 cm³/mol. The predicted octanol–water partition coefficient (Wildman–Crippen LogP) is 6.38. The first kappa shape index (κ1) is 23.5. The molecule has 1 fully saturated rings. The van der Waals surface area contributed by atoms with Crippen LogP contribution in [0, 0.1) is 13.8 Å². The molecule has 0 unspecified atom stereocenters. The highest BCUT2D eigenvalue weighted by atomic mass is 35.5. The minimum Gasteiger partial charge on any atom is -0.506 e. The fourth-order valence-corrected chi connectivity index (χ4v) is 5.42. The van der Waals surface area contributed by atoms with E-state index >= 15 is 0 Å². The highest BCUT2D eigenvalue weighted by Crippen LogP contribution is 2.46. The molecule has 0 spiro atoms. The highest BCUT2D eigenvalue weighted by molar-refractivity contribution is 7.80. The summed E-state index contributed by atoms with van der Waals surface area (Å²) in [6, 6.07) is 17.0. The Morgan fingerprint density at radius 3 is 2.23 bits per heavy atom. The van der Waals surface area contributed by atoms with Crippen molar-refractivity contribution in [2.24, 2.45) is 0 Å². The summed E-state index contributed by atoms with van der Waals surface area (Å²) in [4.78, 5) is 6.46. The number of hydrogen-bond donors (Lipinski definition) is 3. The minimum atomic E-state index is -0.358. The second-order valence-corrected chi connectivity index (χ2v) is 9.68. The van der Waals surface area contributed by atoms with Crippen molar-refractivity contribution >= 4 is 46.2 Å². The normalized spacial score (nSPS) is 17.6. The van der Waals surface area contributed by atoms with E-state index in [0.717, 1.165) is 22.6 Å². The summed E-state index contributed by atoms with van der Waals surface area (Å²) in [6.45, 7) is 3.95. The summed E-state index contributed by atoms with van der Waals surface area (Å²) in [7, 11) is 0. The van der Waals surface area contributed by atoms with E-state index in [-0.39, 0.29) is 23.6 Å². The van der Waals surface area contributed by atoms with E-state index in [2.05, 4.69) is 16.4 Å². The fourth-order valence-electron chi connectivity index (χ4n) is 4.75. The number of aryl methyl sites for hydroxylation is 1. The Balaban J connectivity index is 1.73. The molecule has 2 aromatic heterocycles. The molecule has 1 aliphatic rings. The maximum atomic E-state index is 10.8. The van der Waals surface area contributed by atoms with Crippen molar-refractivity contribution in [3.63, 3.8) is 0 Å². The van der Waals surface area contributed by atoms with Crippen LogP contribution in [-0.4, -0.2) is 24.9 Å². The van der Waals surface area contributed by atoms with Gasteiger partial charge in [-0.05, 0) is 86.2 Å². The quantitative estimate of drug-likeness (QED) is 0.269. The molecule has 2 aromatic carbocycles. The van der Waals surface area contributed by atoms with Crippen LogP contribution in [0.4, 0.5) is 5.69 Å². The van der Waals surface area contributed by atoms with Gasteiger partial charge in [-0.25, -0.2) is 0 Å². The summed E-state index contributed by atoms with van der Waals surface area (Å²) in [5, 5.41) is 26.2. The Morgan fingerprint density at radius 2 is 1.57 bits per heavy atom. The number of benzene rings is 2. The molecule has 0 saturated carbocycles. The number of thiocarbonyl (C=S) groups is 1. The zero-order valence-corrected chi connectivity index (χ0v) is 21.2. The Kier molecular flexibility index (Phi) is 6.09. The molecule has 0 bridgehead atoms. The second-order valence-electron chi connectivity index (χ2n) is 8.42. The summed E-state index contributed by atoms with van der Waals surface area (Å²) >= 11 is 18.3. The molecule has 0 radical (unpaired) electrons. The summed E-state index contributed by atoms with van der Waals surface area (Å²) < 4.78 is 1.96. The molecule has 35 heavy (non-hydrogen) atoms. The number of hydrogen-bond acceptors (Lipinski definition) is 4. The average molecular weight is 525 g/mol. The van der Waals surface area contributed by atoms with E-state index in [1.807, 2.05) is 41.5 Å². The molecule has 3 heterocycles. The van der Waals surface area contributed by atoms with E-state index in [9.17, 15) is 10.2 Å². The number of rotatable bonds is 4. The molecule has 2 atom stereocenters. The fraction of sp³-hybridized carbons (Fsp3) is 0.154. The van der Waals surface area contributed by atoms with Gasteiger partial charge in [0.2, 0.25) is 0 Å². The first-order valence-electron chi connectivity index (χ1n) is 10.9. The van der Waals surface area contributed by atoms with Crippen LogP contribution in [0.2, 0.25) is 10.0 Å². The SMILES string of the molecule is Cc1cc([C@H]2[C@H](c3ccccn3)NC(=S)N2c2cc(Cl)ccc2O)c(C)n1-c1cc(Cl)ccc1O. The topological polar surface area (TPSA) is 73.5 Å². The van der Waals surface area contributed by atoms with Crippen molar-refractivity contribution in [3.05, 3.63) is 99.6 Å². The van der Waals surface area contributed by atoms with Gasteiger partial charge in [0.05, 0.1) is 29.2 Å². The van der Waals surface area contributed by atoms with Crippen LogP contribution < -0.4 is 10.2 Å². The highest BCUT2D eigenvalue weighted by Gasteiger charge is 2.43. The monoisotopic (exact) mass is 524 g/mol. The lowest BCUT2D eigenvalue weighted by Crippen LogP contribution is -2.29. The molecule has 0 aliphatic carbocycles. The van der Waals surface area contributed by atoms with E-state index in [4.69, 9.17) is 35.4 Å². The first-order chi connectivity index (χ1) is 16.8. The zero-order chi connectivity index (χ0) is 24.9. The molecular formula is C26H22Cl2N4O2S. The van der Waals surface area contributed by atoms with Crippen LogP contribution in [0.15, 0.2) is 66.9 Å². The zero-order valence-electron chi connectivity index (χ0n) is 18.9. The number of phenolic OH excluding ortho intramolecular Hbond substituents is 2. The van der Waals surface area contributed by atoms with Crippen LogP contribution in [0.5, 0.6) is 11.5 Å². The number of anilines is 1. The van der Waals surface area contributed by atoms with Gasteiger partial charge in [0, 0.05) is 27.6 Å². The Bertz CT molecular complexity index is 1440. The minimum absolute atomic E-state index is 0.0616. The lowest BCUT2D eigenvalue weighted by molar-refractivity contribution is 0.471. The molecule has 1 saturated heterocycles. The first-order valence-corrected chi connectivity index (χ1v) is 12.1. The molecule has 4 aromatic rings. The van der Waals surface area contributed by atoms with Gasteiger partial charge in [-0.1, -0.05) is 29.3 Å². The van der Waals surface area contributed by atoms with Crippen molar-refractivity contribution in [1.29, 1.82) is 0 Å². The van der Waals surface area contributed by atoms with Crippen molar-refractivity contribution < 1.29 is 10.2 Å². The van der Waals surface area contributed by atoms with Crippen LogP contribution in [-0.2, 0) is 0 Å². The van der Waals surface area contributed by atoms with E-state index in [1.165, 1.54) is 0 Å². The second kappa shape index (κ2) is 9.07.